The number of anilines is 1. The Bertz CT molecular complexity index is 593. The zero-order valence-electron chi connectivity index (χ0n) is 9.26. The molecule has 0 aliphatic carbocycles. The summed E-state index contributed by atoms with van der Waals surface area (Å²) in [5.74, 6) is -0.542. The van der Waals surface area contributed by atoms with E-state index in [-0.39, 0.29) is 5.02 Å². The molecule has 17 heavy (non-hydrogen) atoms. The van der Waals surface area contributed by atoms with Crippen molar-refractivity contribution in [3.05, 3.63) is 39.4 Å². The molecule has 0 aliphatic rings. The molecule has 6 heteroatoms. The van der Waals surface area contributed by atoms with Gasteiger partial charge in [-0.1, -0.05) is 23.2 Å². The molecule has 0 saturated carbocycles. The van der Waals surface area contributed by atoms with E-state index in [1.54, 1.807) is 13.8 Å². The molecule has 0 spiro atoms. The summed E-state index contributed by atoms with van der Waals surface area (Å²) in [4.78, 5) is 0. The summed E-state index contributed by atoms with van der Waals surface area (Å²) >= 11 is 11.7. The Balaban J connectivity index is 2.68. The quantitative estimate of drug-likeness (QED) is 0.808. The van der Waals surface area contributed by atoms with Crippen molar-refractivity contribution in [1.29, 1.82) is 0 Å². The molecule has 0 aliphatic heterocycles. The number of benzene rings is 1. The zero-order chi connectivity index (χ0) is 12.7. The van der Waals surface area contributed by atoms with Crippen molar-refractivity contribution >= 4 is 28.9 Å². The van der Waals surface area contributed by atoms with Crippen LogP contribution in [0.3, 0.4) is 0 Å². The van der Waals surface area contributed by atoms with Crippen LogP contribution < -0.4 is 5.73 Å². The summed E-state index contributed by atoms with van der Waals surface area (Å²) < 4.78 is 14.9. The molecule has 1 heterocycles. The molecule has 0 unspecified atom stereocenters. The van der Waals surface area contributed by atoms with Crippen molar-refractivity contribution in [2.24, 2.45) is 0 Å². The van der Waals surface area contributed by atoms with Crippen molar-refractivity contribution in [3.63, 3.8) is 0 Å². The summed E-state index contributed by atoms with van der Waals surface area (Å²) in [6.45, 7) is 3.56. The Morgan fingerprint density at radius 1 is 1.29 bits per heavy atom. The van der Waals surface area contributed by atoms with Gasteiger partial charge >= 0.3 is 0 Å². The number of nitrogen functional groups attached to an aromatic ring is 1. The van der Waals surface area contributed by atoms with Crippen LogP contribution in [0.1, 0.15) is 11.4 Å². The van der Waals surface area contributed by atoms with E-state index in [2.05, 4.69) is 5.10 Å². The molecule has 2 rings (SSSR count). The van der Waals surface area contributed by atoms with Crippen LogP contribution in [0, 0.1) is 19.7 Å². The lowest BCUT2D eigenvalue weighted by molar-refractivity contribution is 0.625. The minimum Gasteiger partial charge on any atom is -0.397 e. The molecule has 0 saturated heterocycles. The highest BCUT2D eigenvalue weighted by atomic mass is 35.5. The molecule has 2 aromatic rings. The molecule has 3 nitrogen and oxygen atoms in total. The van der Waals surface area contributed by atoms with Gasteiger partial charge in [0.2, 0.25) is 0 Å². The minimum atomic E-state index is -0.542. The fourth-order valence-corrected chi connectivity index (χ4v) is 1.88. The summed E-state index contributed by atoms with van der Waals surface area (Å²) in [7, 11) is 0. The molecule has 0 fully saturated rings. The van der Waals surface area contributed by atoms with Crippen LogP contribution in [-0.2, 0) is 0 Å². The maximum Gasteiger partial charge on any atom is 0.144 e. The summed E-state index contributed by atoms with van der Waals surface area (Å²) in [6.07, 6.45) is 0. The summed E-state index contributed by atoms with van der Waals surface area (Å²) in [5.41, 5.74) is 7.94. The van der Waals surface area contributed by atoms with E-state index in [9.17, 15) is 4.39 Å². The van der Waals surface area contributed by atoms with Gasteiger partial charge in [0.25, 0.3) is 0 Å². The molecule has 1 aromatic heterocycles. The maximum absolute atomic E-state index is 13.4. The number of aryl methyl sites for hydroxylation is 1. The number of nitrogens with two attached hydrogens (primary N) is 1. The predicted octanol–water partition coefficient (Wildman–Crippen LogP) is 3.52. The number of hydrogen-bond acceptors (Lipinski definition) is 2. The van der Waals surface area contributed by atoms with Gasteiger partial charge in [-0.15, -0.1) is 0 Å². The van der Waals surface area contributed by atoms with Crippen LogP contribution in [0.4, 0.5) is 10.1 Å². The Morgan fingerprint density at radius 3 is 2.47 bits per heavy atom. The van der Waals surface area contributed by atoms with Gasteiger partial charge in [0.1, 0.15) is 5.82 Å². The fourth-order valence-electron chi connectivity index (χ4n) is 1.59. The van der Waals surface area contributed by atoms with Gasteiger partial charge < -0.3 is 5.73 Å². The van der Waals surface area contributed by atoms with Crippen LogP contribution >= 0.6 is 23.2 Å². The van der Waals surface area contributed by atoms with Crippen LogP contribution in [-0.4, -0.2) is 9.78 Å². The van der Waals surface area contributed by atoms with E-state index in [1.807, 2.05) is 0 Å². The Morgan fingerprint density at radius 2 is 1.94 bits per heavy atom. The number of nitrogens with zero attached hydrogens (tertiary/aromatic N) is 2. The normalized spacial score (nSPS) is 10.9. The van der Waals surface area contributed by atoms with Gasteiger partial charge in [-0.25, -0.2) is 9.07 Å². The van der Waals surface area contributed by atoms with E-state index in [0.717, 1.165) is 0 Å². The second-order valence-corrected chi connectivity index (χ2v) is 4.51. The minimum absolute atomic E-state index is 0.0149. The molecule has 1 aromatic carbocycles. The van der Waals surface area contributed by atoms with Crippen molar-refractivity contribution in [3.8, 4) is 5.69 Å². The van der Waals surface area contributed by atoms with Crippen LogP contribution in [0.2, 0.25) is 10.0 Å². The van der Waals surface area contributed by atoms with Crippen molar-refractivity contribution in [2.75, 3.05) is 5.73 Å². The van der Waals surface area contributed by atoms with Crippen LogP contribution in [0.15, 0.2) is 12.1 Å². The van der Waals surface area contributed by atoms with Gasteiger partial charge in [0.05, 0.1) is 32.8 Å². The third-order valence-electron chi connectivity index (χ3n) is 2.50. The first-order valence-electron chi connectivity index (χ1n) is 4.88. The van der Waals surface area contributed by atoms with Gasteiger partial charge in [0.15, 0.2) is 0 Å². The lowest BCUT2D eigenvalue weighted by Gasteiger charge is -2.08. The van der Waals surface area contributed by atoms with E-state index < -0.39 is 5.82 Å². The Kier molecular flexibility index (Phi) is 3.02. The molecule has 0 amide bonds. The second kappa shape index (κ2) is 4.20. The molecule has 0 radical (unpaired) electrons. The lowest BCUT2D eigenvalue weighted by atomic mass is 10.2. The molecule has 0 bridgehead atoms. The number of rotatable bonds is 1. The third-order valence-corrected chi connectivity index (χ3v) is 3.34. The number of halogens is 3. The van der Waals surface area contributed by atoms with Crippen molar-refractivity contribution in [2.45, 2.75) is 13.8 Å². The van der Waals surface area contributed by atoms with E-state index in [4.69, 9.17) is 28.9 Å². The average Bonchev–Trinajstić information content (AvgIpc) is 2.51. The monoisotopic (exact) mass is 273 g/mol. The van der Waals surface area contributed by atoms with Crippen LogP contribution in [0.5, 0.6) is 0 Å². The van der Waals surface area contributed by atoms with Gasteiger partial charge in [-0.2, -0.15) is 5.10 Å². The zero-order valence-corrected chi connectivity index (χ0v) is 10.8. The maximum atomic E-state index is 13.4. The summed E-state index contributed by atoms with van der Waals surface area (Å²) in [6, 6.07) is 2.60. The van der Waals surface area contributed by atoms with E-state index in [1.165, 1.54) is 16.8 Å². The van der Waals surface area contributed by atoms with Gasteiger partial charge in [0, 0.05) is 6.07 Å². The predicted molar refractivity (Wildman–Crippen MR) is 67.4 cm³/mol. The second-order valence-electron chi connectivity index (χ2n) is 3.72. The van der Waals surface area contributed by atoms with Gasteiger partial charge in [-0.05, 0) is 19.9 Å². The lowest BCUT2D eigenvalue weighted by Crippen LogP contribution is -2.04. The smallest absolute Gasteiger partial charge is 0.144 e. The standard InChI is InChI=1S/C11H10Cl2FN3/c1-5-11(13)6(2)17(16-5)10-4-8(14)7(12)3-9(10)15/h3-4H,15H2,1-2H3. The first-order chi connectivity index (χ1) is 7.91. The highest BCUT2D eigenvalue weighted by Crippen LogP contribution is 2.28. The Labute approximate surface area is 108 Å². The van der Waals surface area contributed by atoms with Gasteiger partial charge in [-0.3, -0.25) is 0 Å². The van der Waals surface area contributed by atoms with Crippen LogP contribution in [0.25, 0.3) is 5.69 Å². The molecule has 0 atom stereocenters. The topological polar surface area (TPSA) is 43.8 Å². The van der Waals surface area contributed by atoms with Crippen molar-refractivity contribution < 1.29 is 4.39 Å². The number of aromatic nitrogens is 2. The van der Waals surface area contributed by atoms with E-state index in [0.29, 0.717) is 27.8 Å². The van der Waals surface area contributed by atoms with Crippen molar-refractivity contribution in [1.82, 2.24) is 9.78 Å². The highest BCUT2D eigenvalue weighted by Gasteiger charge is 2.14. The first-order valence-corrected chi connectivity index (χ1v) is 5.64. The molecular formula is C11H10Cl2FN3. The highest BCUT2D eigenvalue weighted by molar-refractivity contribution is 6.32. The third kappa shape index (κ3) is 1.98. The Hall–Kier alpha value is -1.26. The fraction of sp³-hybridized carbons (Fsp3) is 0.182. The first kappa shape index (κ1) is 12.2. The SMILES string of the molecule is Cc1nn(-c2cc(F)c(Cl)cc2N)c(C)c1Cl. The molecule has 2 N–H and O–H groups in total. The van der Waals surface area contributed by atoms with E-state index >= 15 is 0 Å². The largest absolute Gasteiger partial charge is 0.397 e. The average molecular weight is 274 g/mol. The molecule has 90 valence electrons. The summed E-state index contributed by atoms with van der Waals surface area (Å²) in [5, 5.41) is 4.73. The molecular weight excluding hydrogens is 264 g/mol. The number of hydrogen-bond donors (Lipinski definition) is 1.